The Morgan fingerprint density at radius 3 is 2.17 bits per heavy atom. The summed E-state index contributed by atoms with van der Waals surface area (Å²) in [6.45, 7) is 0.616. The molecule has 41 heavy (non-hydrogen) atoms. The second kappa shape index (κ2) is 14.5. The molecule has 0 radical (unpaired) electrons. The Bertz CT molecular complexity index is 944. The quantitative estimate of drug-likeness (QED) is 0.0502. The second-order valence-electron chi connectivity index (χ2n) is 9.93. The number of nitrogens with zero attached hydrogens (tertiary/aromatic N) is 1. The largest absolute Gasteiger partial charge is 1.00 e. The van der Waals surface area contributed by atoms with Crippen LogP contribution >= 0.6 is 0 Å². The maximum atomic E-state index is 12.1. The zero-order valence-electron chi connectivity index (χ0n) is 23.7. The van der Waals surface area contributed by atoms with Gasteiger partial charge in [-0.25, -0.2) is 4.99 Å². The van der Waals surface area contributed by atoms with Crippen molar-refractivity contribution in [1.82, 2.24) is 10.6 Å². The van der Waals surface area contributed by atoms with Crippen LogP contribution in [0.4, 0.5) is 0 Å². The molecule has 1 saturated carbocycles. The fourth-order valence-corrected chi connectivity index (χ4v) is 5.13. The van der Waals surface area contributed by atoms with E-state index in [0.29, 0.717) is 0 Å². The molecule has 0 spiro atoms. The Hall–Kier alpha value is -1.27. The van der Waals surface area contributed by atoms with E-state index in [1.807, 2.05) is 0 Å². The van der Waals surface area contributed by atoms with E-state index in [4.69, 9.17) is 41.6 Å². The summed E-state index contributed by atoms with van der Waals surface area (Å²) in [5, 5.41) is 86.6. The first kappa shape index (κ1) is 35.9. The maximum absolute atomic E-state index is 12.1. The van der Waals surface area contributed by atoms with Crippen LogP contribution in [0.15, 0.2) is 4.99 Å². The van der Waals surface area contributed by atoms with Gasteiger partial charge >= 0.3 is 29.6 Å². The van der Waals surface area contributed by atoms with E-state index in [2.05, 4.69) is 15.6 Å². The molecule has 0 bridgehead atoms. The smallest absolute Gasteiger partial charge is 1.00 e. The van der Waals surface area contributed by atoms with E-state index in [1.165, 1.54) is 14.0 Å². The third-order valence-electron chi connectivity index (χ3n) is 7.40. The predicted molar refractivity (Wildman–Crippen MR) is 133 cm³/mol. The summed E-state index contributed by atoms with van der Waals surface area (Å²) in [6, 6.07) is -4.02. The molecule has 0 aromatic carbocycles. The number of carbonyl (C=O) groups excluding carboxylic acids is 1. The summed E-state index contributed by atoms with van der Waals surface area (Å²) in [6.07, 6.45) is -17.3. The normalized spacial score (nSPS) is 46.3. The van der Waals surface area contributed by atoms with Crippen LogP contribution in [-0.4, -0.2) is 159 Å². The summed E-state index contributed by atoms with van der Waals surface area (Å²) in [7, 11) is 1.42. The van der Waals surface area contributed by atoms with Crippen molar-refractivity contribution < 1.29 is 90.5 Å². The van der Waals surface area contributed by atoms with Crippen LogP contribution in [0.25, 0.3) is 0 Å². The van der Waals surface area contributed by atoms with Crippen molar-refractivity contribution >= 4 is 18.2 Å². The fraction of sp³-hybridized carbons (Fsp3) is 0.857. The number of aliphatic hydroxyl groups excluding tert-OH is 6. The first-order chi connectivity index (χ1) is 18.7. The number of carbonyl (C=O) groups is 1. The van der Waals surface area contributed by atoms with E-state index >= 15 is 0 Å². The minimum Gasteiger partial charge on any atom is -1.00 e. The number of guanidine groups is 2. The molecule has 0 aromatic heterocycles. The summed E-state index contributed by atoms with van der Waals surface area (Å²) < 4.78 is 22.9. The van der Waals surface area contributed by atoms with Gasteiger partial charge in [0, 0.05) is 0 Å². The van der Waals surface area contributed by atoms with Gasteiger partial charge in [0.05, 0.1) is 24.8 Å². The summed E-state index contributed by atoms with van der Waals surface area (Å²) >= 11 is 0. The second-order valence-corrected chi connectivity index (χ2v) is 9.93. The van der Waals surface area contributed by atoms with E-state index in [1.54, 1.807) is 0 Å². The minimum absolute atomic E-state index is 0. The molecular weight excluding hydrogens is 565 g/mol. The predicted octanol–water partition coefficient (Wildman–Crippen LogP) is -10.8. The number of aliphatic hydroxyl groups is 7. The summed E-state index contributed by atoms with van der Waals surface area (Å²) in [4.78, 5) is 15.8. The number of nitrogens with two attached hydrogens (primary N) is 3. The monoisotopic (exact) mass is 605 g/mol. The van der Waals surface area contributed by atoms with Crippen molar-refractivity contribution in [1.29, 1.82) is 5.41 Å². The average molecular weight is 606 g/mol. The zero-order chi connectivity index (χ0) is 30.1. The molecule has 20 heteroatoms. The molecule has 2 aliphatic heterocycles. The van der Waals surface area contributed by atoms with Gasteiger partial charge in [-0.1, -0.05) is 0 Å². The number of hydrogen-bond acceptors (Lipinski definition) is 15. The summed E-state index contributed by atoms with van der Waals surface area (Å²) in [5.41, 5.74) is 13.8. The Labute approximate surface area is 258 Å². The number of likely N-dealkylation sites (N-methyl/N-ethyl adjacent to an activating group) is 1. The molecule has 1 aliphatic carbocycles. The van der Waals surface area contributed by atoms with Gasteiger partial charge in [0.2, 0.25) is 0 Å². The van der Waals surface area contributed by atoms with Gasteiger partial charge in [0.1, 0.15) is 54.9 Å². The molecule has 3 aliphatic rings. The van der Waals surface area contributed by atoms with Gasteiger partial charge in [-0.05, 0) is 14.0 Å². The van der Waals surface area contributed by atoms with Crippen LogP contribution < -0.4 is 57.4 Å². The van der Waals surface area contributed by atoms with E-state index in [9.17, 15) is 40.5 Å². The van der Waals surface area contributed by atoms with Gasteiger partial charge in [-0.15, -0.1) is 0 Å². The number of ether oxygens (including phenoxy) is 4. The van der Waals surface area contributed by atoms with Crippen molar-refractivity contribution in [3.63, 3.8) is 0 Å². The molecule has 16 N–H and O–H groups in total. The molecule has 19 nitrogen and oxygen atoms in total. The van der Waals surface area contributed by atoms with Gasteiger partial charge < -0.3 is 84.0 Å². The van der Waals surface area contributed by atoms with Crippen LogP contribution in [0.2, 0.25) is 0 Å². The number of aliphatic imine (C=N–C) groups is 1. The maximum Gasteiger partial charge on any atom is 1.00 e. The molecule has 0 unspecified atom stereocenters. The SMILES string of the molecule is CN[C@@H]1[C@H](O[C@H]2[C@H](O[C@H]3[C@H](O)[C@@H](O)[C@H](N=C(N)N)[C@@H](O)[C@@H]3NC(=N)N)O[C@@H](C)[C@]2(O)C=O)O[C@@H](CO)[C@H](O)[C@H]1O.[H-].[Na+]. The number of aldehydes is 1. The molecule has 3 rings (SSSR count). The van der Waals surface area contributed by atoms with Crippen molar-refractivity contribution in [2.45, 2.75) is 98.2 Å². The van der Waals surface area contributed by atoms with Gasteiger partial charge in [0.15, 0.2) is 36.4 Å². The standard InChI is InChI=1S/C21H39N7O12.Na.H/c1-5-21(36,4-30)16(40-17-9(26-2)13(34)10(31)6(3-29)38-17)18(37-5)39-15-8(28-20(24)25)11(32)7(27-19(22)23)12(33)14(15)35;;/h4-18,26,29,31-36H,3H2,1-2H3,(H4,22,23,27)(H4,24,25,28);;/q;+1;-1/t5-,6-,7+,8-,9-,10-,11+,12-,13-,14+,15+,16-,17-,18-,21+;;/m0../s1. The number of hydrogen-bond donors (Lipinski definition) is 13. The van der Waals surface area contributed by atoms with Crippen LogP contribution in [0.3, 0.4) is 0 Å². The fourth-order valence-electron chi connectivity index (χ4n) is 5.13. The number of rotatable bonds is 9. The summed E-state index contributed by atoms with van der Waals surface area (Å²) in [5.74, 6) is -1.16. The van der Waals surface area contributed by atoms with Crippen LogP contribution in [0, 0.1) is 5.41 Å². The topological polar surface area (TPSA) is 334 Å². The molecule has 3 fully saturated rings. The Balaban J connectivity index is 0.00000441. The molecule has 2 saturated heterocycles. The Morgan fingerprint density at radius 2 is 1.66 bits per heavy atom. The molecular formula is C21H40N7NaO12. The number of nitrogens with one attached hydrogen (secondary N) is 3. The van der Waals surface area contributed by atoms with Crippen LogP contribution in [-0.2, 0) is 23.7 Å². The molecule has 232 valence electrons. The van der Waals surface area contributed by atoms with E-state index < -0.39 is 110 Å². The molecule has 2 heterocycles. The molecule has 15 atom stereocenters. The third-order valence-corrected chi connectivity index (χ3v) is 7.40. The minimum atomic E-state index is -2.39. The zero-order valence-corrected chi connectivity index (χ0v) is 24.7. The van der Waals surface area contributed by atoms with Crippen LogP contribution in [0.5, 0.6) is 0 Å². The van der Waals surface area contributed by atoms with Crippen molar-refractivity contribution in [2.75, 3.05) is 13.7 Å². The Morgan fingerprint density at radius 1 is 1.02 bits per heavy atom. The Kier molecular flexibility index (Phi) is 12.7. The molecule has 0 amide bonds. The molecule has 0 aromatic rings. The van der Waals surface area contributed by atoms with Gasteiger partial charge in [-0.3, -0.25) is 10.2 Å². The van der Waals surface area contributed by atoms with Gasteiger partial charge in [0.25, 0.3) is 0 Å². The first-order valence-corrected chi connectivity index (χ1v) is 12.4. The van der Waals surface area contributed by atoms with E-state index in [0.717, 1.165) is 0 Å². The van der Waals surface area contributed by atoms with Crippen LogP contribution in [0.1, 0.15) is 8.35 Å². The third kappa shape index (κ3) is 7.11. The van der Waals surface area contributed by atoms with Crippen molar-refractivity contribution in [2.24, 2.45) is 22.2 Å². The van der Waals surface area contributed by atoms with Crippen molar-refractivity contribution in [3.05, 3.63) is 0 Å². The average Bonchev–Trinajstić information content (AvgIpc) is 3.13. The van der Waals surface area contributed by atoms with E-state index in [-0.39, 0.29) is 37.3 Å². The van der Waals surface area contributed by atoms with Gasteiger partial charge in [-0.2, -0.15) is 0 Å². The first-order valence-electron chi connectivity index (χ1n) is 12.4. The van der Waals surface area contributed by atoms with Crippen molar-refractivity contribution in [3.8, 4) is 0 Å².